The first-order valence-electron chi connectivity index (χ1n) is 9.35. The first-order chi connectivity index (χ1) is 12.7. The molecule has 26 heavy (non-hydrogen) atoms. The monoisotopic (exact) mass is 389 g/mol. The molecule has 138 valence electrons. The summed E-state index contributed by atoms with van der Waals surface area (Å²) in [6.45, 7) is 2.79. The Morgan fingerprint density at radius 3 is 2.69 bits per heavy atom. The summed E-state index contributed by atoms with van der Waals surface area (Å²) in [5.41, 5.74) is 1.83. The molecule has 2 aromatic rings. The van der Waals surface area contributed by atoms with Crippen LogP contribution in [0.5, 0.6) is 0 Å². The number of amides is 2. The second-order valence-corrected chi connectivity index (χ2v) is 8.52. The molecule has 2 heterocycles. The molecule has 4 rings (SSSR count). The van der Waals surface area contributed by atoms with Crippen molar-refractivity contribution >= 4 is 40.3 Å². The van der Waals surface area contributed by atoms with Crippen molar-refractivity contribution in [3.05, 3.63) is 45.6 Å². The summed E-state index contributed by atoms with van der Waals surface area (Å²) in [7, 11) is 0. The van der Waals surface area contributed by atoms with Crippen molar-refractivity contribution in [1.29, 1.82) is 0 Å². The van der Waals surface area contributed by atoms with Crippen molar-refractivity contribution in [3.8, 4) is 0 Å². The van der Waals surface area contributed by atoms with E-state index in [1.807, 2.05) is 29.2 Å². The van der Waals surface area contributed by atoms with Gasteiger partial charge >= 0.3 is 6.03 Å². The fraction of sp³-hybridized carbons (Fsp3) is 0.450. The van der Waals surface area contributed by atoms with E-state index < -0.39 is 0 Å². The third-order valence-corrected chi connectivity index (χ3v) is 6.21. The van der Waals surface area contributed by atoms with Crippen LogP contribution in [0.3, 0.4) is 0 Å². The molecule has 1 N–H and O–H groups in total. The Morgan fingerprint density at radius 2 is 2.04 bits per heavy atom. The van der Waals surface area contributed by atoms with E-state index >= 15 is 0 Å². The van der Waals surface area contributed by atoms with Crippen molar-refractivity contribution < 1.29 is 4.79 Å². The highest BCUT2D eigenvalue weighted by Gasteiger charge is 2.33. The number of nitrogens with zero attached hydrogens (tertiary/aromatic N) is 2. The minimum absolute atomic E-state index is 0.0392. The van der Waals surface area contributed by atoms with E-state index in [0.717, 1.165) is 37.3 Å². The Hall–Kier alpha value is -1.72. The van der Waals surface area contributed by atoms with Gasteiger partial charge in [0, 0.05) is 29.7 Å². The molecule has 2 aliphatic rings. The maximum absolute atomic E-state index is 12.8. The number of hydrogen-bond acceptors (Lipinski definition) is 3. The minimum atomic E-state index is -0.0392. The van der Waals surface area contributed by atoms with Crippen LogP contribution in [-0.4, -0.2) is 30.1 Å². The zero-order chi connectivity index (χ0) is 17.9. The summed E-state index contributed by atoms with van der Waals surface area (Å²) < 4.78 is 0. The molecule has 1 aliphatic heterocycles. The molecule has 4 nitrogen and oxygen atoms in total. The highest BCUT2D eigenvalue weighted by molar-refractivity contribution is 7.09. The van der Waals surface area contributed by atoms with Crippen molar-refractivity contribution in [3.63, 3.8) is 0 Å². The predicted octanol–water partition coefficient (Wildman–Crippen LogP) is 5.59. The van der Waals surface area contributed by atoms with Gasteiger partial charge in [0.2, 0.25) is 0 Å². The van der Waals surface area contributed by atoms with Crippen LogP contribution in [0.2, 0.25) is 5.02 Å². The number of anilines is 2. The van der Waals surface area contributed by atoms with E-state index in [9.17, 15) is 4.79 Å². The lowest BCUT2D eigenvalue weighted by molar-refractivity contribution is 0.206. The third-order valence-electron chi connectivity index (χ3n) is 5.05. The molecule has 0 spiro atoms. The van der Waals surface area contributed by atoms with E-state index in [2.05, 4.69) is 21.7 Å². The van der Waals surface area contributed by atoms with Crippen LogP contribution in [0.1, 0.15) is 37.0 Å². The first-order valence-corrected chi connectivity index (χ1v) is 10.6. The summed E-state index contributed by atoms with van der Waals surface area (Å²) in [6.07, 6.45) is 5.91. The number of carbonyl (C=O) groups excluding carboxylic acids is 1. The highest BCUT2D eigenvalue weighted by atomic mass is 35.5. The lowest BCUT2D eigenvalue weighted by Crippen LogP contribution is -2.36. The van der Waals surface area contributed by atoms with Crippen molar-refractivity contribution in [2.75, 3.05) is 23.3 Å². The molecule has 6 heteroatoms. The average molecular weight is 390 g/mol. The summed E-state index contributed by atoms with van der Waals surface area (Å²) in [5.74, 6) is 0. The van der Waals surface area contributed by atoms with Crippen molar-refractivity contribution in [2.24, 2.45) is 0 Å². The quantitative estimate of drug-likeness (QED) is 0.723. The molecular formula is C20H24ClN3OS. The van der Waals surface area contributed by atoms with Gasteiger partial charge in [-0.3, -0.25) is 0 Å². The van der Waals surface area contributed by atoms with Gasteiger partial charge in [0.15, 0.2) is 0 Å². The lowest BCUT2D eigenvalue weighted by atomic mass is 10.1. The summed E-state index contributed by atoms with van der Waals surface area (Å²) in [4.78, 5) is 18.3. The number of carbonyl (C=O) groups is 1. The standard InChI is InChI=1S/C20H24ClN3OS/c21-18-13-15(6-9-19(18)23-10-2-1-3-11-23)22-20(25)24(16-7-8-16)14-17-5-4-12-26-17/h4-6,9,12-13,16H,1-3,7-8,10-11,14H2,(H,22,25). The molecule has 0 radical (unpaired) electrons. The predicted molar refractivity (Wildman–Crippen MR) is 109 cm³/mol. The minimum Gasteiger partial charge on any atom is -0.370 e. The smallest absolute Gasteiger partial charge is 0.322 e. The van der Waals surface area contributed by atoms with E-state index in [-0.39, 0.29) is 6.03 Å². The Kier molecular flexibility index (Phi) is 5.36. The molecule has 2 fully saturated rings. The van der Waals surface area contributed by atoms with Gasteiger partial charge in [-0.2, -0.15) is 0 Å². The van der Waals surface area contributed by atoms with Gasteiger partial charge < -0.3 is 15.1 Å². The summed E-state index contributed by atoms with van der Waals surface area (Å²) in [6, 6.07) is 10.3. The fourth-order valence-corrected chi connectivity index (χ4v) is 4.50. The number of thiophene rings is 1. The van der Waals surface area contributed by atoms with Gasteiger partial charge in [0.1, 0.15) is 0 Å². The second kappa shape index (κ2) is 7.89. The number of urea groups is 1. The van der Waals surface area contributed by atoms with Gasteiger partial charge in [0.05, 0.1) is 17.3 Å². The van der Waals surface area contributed by atoms with Crippen LogP contribution in [0.4, 0.5) is 16.2 Å². The number of benzene rings is 1. The van der Waals surface area contributed by atoms with Crippen LogP contribution in [0.25, 0.3) is 0 Å². The summed E-state index contributed by atoms with van der Waals surface area (Å²) in [5, 5.41) is 5.80. The van der Waals surface area contributed by atoms with Gasteiger partial charge in [-0.05, 0) is 61.7 Å². The molecule has 0 bridgehead atoms. The lowest BCUT2D eigenvalue weighted by Gasteiger charge is -2.30. The average Bonchev–Trinajstić information content (AvgIpc) is 3.36. The Labute approximate surface area is 163 Å². The summed E-state index contributed by atoms with van der Waals surface area (Å²) >= 11 is 8.20. The van der Waals surface area contributed by atoms with Crippen LogP contribution >= 0.6 is 22.9 Å². The Balaban J connectivity index is 1.43. The largest absolute Gasteiger partial charge is 0.370 e. The van der Waals surface area contributed by atoms with Gasteiger partial charge in [-0.1, -0.05) is 17.7 Å². The molecule has 0 unspecified atom stereocenters. The van der Waals surface area contributed by atoms with Crippen molar-refractivity contribution in [1.82, 2.24) is 4.90 Å². The zero-order valence-electron chi connectivity index (χ0n) is 14.8. The Morgan fingerprint density at radius 1 is 1.23 bits per heavy atom. The molecule has 1 saturated heterocycles. The van der Waals surface area contributed by atoms with Crippen molar-refractivity contribution in [2.45, 2.75) is 44.7 Å². The molecule has 1 aromatic carbocycles. The number of nitrogens with one attached hydrogen (secondary N) is 1. The number of hydrogen-bond donors (Lipinski definition) is 1. The molecule has 0 atom stereocenters. The normalized spacial score (nSPS) is 17.2. The number of piperidine rings is 1. The van der Waals surface area contributed by atoms with Gasteiger partial charge in [0.25, 0.3) is 0 Å². The van der Waals surface area contributed by atoms with Gasteiger partial charge in [-0.15, -0.1) is 11.3 Å². The number of rotatable bonds is 5. The van der Waals surface area contributed by atoms with E-state index in [1.54, 1.807) is 11.3 Å². The van der Waals surface area contributed by atoms with E-state index in [1.165, 1.54) is 24.1 Å². The Bertz CT molecular complexity index is 754. The maximum Gasteiger partial charge on any atom is 0.322 e. The zero-order valence-corrected chi connectivity index (χ0v) is 16.4. The maximum atomic E-state index is 12.8. The number of halogens is 1. The van der Waals surface area contributed by atoms with Crippen LogP contribution < -0.4 is 10.2 Å². The fourth-order valence-electron chi connectivity index (χ4n) is 3.49. The molecule has 1 aliphatic carbocycles. The van der Waals surface area contributed by atoms with Crippen LogP contribution in [0.15, 0.2) is 35.7 Å². The van der Waals surface area contributed by atoms with Gasteiger partial charge in [-0.25, -0.2) is 4.79 Å². The molecule has 1 aromatic heterocycles. The molecular weight excluding hydrogens is 366 g/mol. The van der Waals surface area contributed by atoms with Crippen LogP contribution in [0, 0.1) is 0 Å². The SMILES string of the molecule is O=C(Nc1ccc(N2CCCCC2)c(Cl)c1)N(Cc1cccs1)C1CC1. The van der Waals surface area contributed by atoms with Crippen LogP contribution in [-0.2, 0) is 6.54 Å². The molecule has 2 amide bonds. The highest BCUT2D eigenvalue weighted by Crippen LogP contribution is 2.32. The third kappa shape index (κ3) is 4.15. The second-order valence-electron chi connectivity index (χ2n) is 7.08. The van der Waals surface area contributed by atoms with E-state index in [4.69, 9.17) is 11.6 Å². The topological polar surface area (TPSA) is 35.6 Å². The first kappa shape index (κ1) is 17.7. The molecule has 1 saturated carbocycles. The van der Waals surface area contributed by atoms with E-state index in [0.29, 0.717) is 17.6 Å².